The van der Waals surface area contributed by atoms with Crippen LogP contribution in [-0.2, 0) is 12.8 Å². The van der Waals surface area contributed by atoms with Crippen LogP contribution in [0.25, 0.3) is 0 Å². The van der Waals surface area contributed by atoms with Crippen molar-refractivity contribution in [3.63, 3.8) is 0 Å². The molecule has 0 aliphatic carbocycles. The first-order chi connectivity index (χ1) is 8.45. The number of aromatic nitrogens is 1. The van der Waals surface area contributed by atoms with E-state index in [4.69, 9.17) is 16.3 Å². The SMILES string of the molecule is FC(F)(F)c1cccc(OCc2ccc(Cl)s2)n1. The van der Waals surface area contributed by atoms with Gasteiger partial charge in [0.1, 0.15) is 12.3 Å². The van der Waals surface area contributed by atoms with Gasteiger partial charge in [0, 0.05) is 10.9 Å². The van der Waals surface area contributed by atoms with Gasteiger partial charge in [0.25, 0.3) is 0 Å². The molecule has 96 valence electrons. The van der Waals surface area contributed by atoms with Crippen LogP contribution in [0.4, 0.5) is 13.2 Å². The van der Waals surface area contributed by atoms with E-state index in [0.29, 0.717) is 4.34 Å². The maximum Gasteiger partial charge on any atom is 0.433 e. The predicted molar refractivity (Wildman–Crippen MR) is 62.9 cm³/mol. The van der Waals surface area contributed by atoms with Crippen molar-refractivity contribution in [2.24, 2.45) is 0 Å². The Kier molecular flexibility index (Phi) is 3.77. The smallest absolute Gasteiger partial charge is 0.433 e. The Hall–Kier alpha value is -1.27. The number of hydrogen-bond acceptors (Lipinski definition) is 3. The fourth-order valence-electron chi connectivity index (χ4n) is 1.23. The minimum Gasteiger partial charge on any atom is -0.472 e. The average Bonchev–Trinajstić information content (AvgIpc) is 2.72. The van der Waals surface area contributed by atoms with Crippen LogP contribution in [-0.4, -0.2) is 4.98 Å². The number of halogens is 4. The third-order valence-electron chi connectivity index (χ3n) is 2.01. The maximum absolute atomic E-state index is 12.4. The molecule has 0 aromatic carbocycles. The number of ether oxygens (including phenoxy) is 1. The summed E-state index contributed by atoms with van der Waals surface area (Å²) in [7, 11) is 0. The largest absolute Gasteiger partial charge is 0.472 e. The van der Waals surface area contributed by atoms with Crippen LogP contribution < -0.4 is 4.74 Å². The third-order valence-corrected chi connectivity index (χ3v) is 3.21. The Morgan fingerprint density at radius 3 is 2.61 bits per heavy atom. The minimum absolute atomic E-state index is 0.0608. The van der Waals surface area contributed by atoms with E-state index in [2.05, 4.69) is 4.98 Å². The molecule has 0 unspecified atom stereocenters. The van der Waals surface area contributed by atoms with Gasteiger partial charge < -0.3 is 4.74 Å². The number of nitrogens with zero attached hydrogens (tertiary/aromatic N) is 1. The normalized spacial score (nSPS) is 11.6. The summed E-state index contributed by atoms with van der Waals surface area (Å²) in [5, 5.41) is 0. The van der Waals surface area contributed by atoms with Gasteiger partial charge in [0.15, 0.2) is 0 Å². The molecule has 7 heteroatoms. The monoisotopic (exact) mass is 293 g/mol. The average molecular weight is 294 g/mol. The topological polar surface area (TPSA) is 22.1 Å². The quantitative estimate of drug-likeness (QED) is 0.837. The van der Waals surface area contributed by atoms with Crippen LogP contribution in [0.3, 0.4) is 0 Å². The second-order valence-corrected chi connectivity index (χ2v) is 5.15. The van der Waals surface area contributed by atoms with Gasteiger partial charge in [0.2, 0.25) is 5.88 Å². The highest BCUT2D eigenvalue weighted by molar-refractivity contribution is 7.16. The summed E-state index contributed by atoms with van der Waals surface area (Å²) in [6, 6.07) is 6.98. The summed E-state index contributed by atoms with van der Waals surface area (Å²) in [6.45, 7) is 0.145. The summed E-state index contributed by atoms with van der Waals surface area (Å²) in [6.07, 6.45) is -4.47. The van der Waals surface area contributed by atoms with Crippen molar-refractivity contribution in [3.8, 4) is 5.88 Å². The Morgan fingerprint density at radius 1 is 1.22 bits per heavy atom. The lowest BCUT2D eigenvalue weighted by atomic mass is 10.3. The van der Waals surface area contributed by atoms with E-state index >= 15 is 0 Å². The lowest BCUT2D eigenvalue weighted by Crippen LogP contribution is -2.08. The first-order valence-electron chi connectivity index (χ1n) is 4.86. The zero-order valence-electron chi connectivity index (χ0n) is 8.87. The number of pyridine rings is 1. The summed E-state index contributed by atoms with van der Waals surface area (Å²) in [4.78, 5) is 4.21. The molecule has 0 spiro atoms. The highest BCUT2D eigenvalue weighted by Gasteiger charge is 2.32. The molecule has 2 aromatic heterocycles. The summed E-state index contributed by atoms with van der Waals surface area (Å²) in [5.74, 6) is -0.0608. The van der Waals surface area contributed by atoms with Crippen molar-refractivity contribution in [3.05, 3.63) is 45.2 Å². The molecule has 2 rings (SSSR count). The van der Waals surface area contributed by atoms with Crippen molar-refractivity contribution in [2.45, 2.75) is 12.8 Å². The first-order valence-corrected chi connectivity index (χ1v) is 6.06. The number of rotatable bonds is 3. The molecule has 0 radical (unpaired) electrons. The molecule has 0 atom stereocenters. The van der Waals surface area contributed by atoms with Crippen molar-refractivity contribution in [1.82, 2.24) is 4.98 Å². The van der Waals surface area contributed by atoms with E-state index in [9.17, 15) is 13.2 Å². The van der Waals surface area contributed by atoms with E-state index < -0.39 is 11.9 Å². The van der Waals surface area contributed by atoms with E-state index in [1.165, 1.54) is 23.5 Å². The second-order valence-electron chi connectivity index (χ2n) is 3.35. The molecule has 2 heterocycles. The highest BCUT2D eigenvalue weighted by Crippen LogP contribution is 2.29. The molecule has 2 nitrogen and oxygen atoms in total. The van der Waals surface area contributed by atoms with Crippen LogP contribution in [0, 0.1) is 0 Å². The molecular formula is C11H7ClF3NOS. The van der Waals surface area contributed by atoms with Gasteiger partial charge in [-0.1, -0.05) is 17.7 Å². The Balaban J connectivity index is 2.06. The van der Waals surface area contributed by atoms with Crippen LogP contribution in [0.2, 0.25) is 4.34 Å². The molecule has 0 saturated heterocycles. The Labute approximate surface area is 110 Å². The van der Waals surface area contributed by atoms with Gasteiger partial charge in [-0.25, -0.2) is 4.98 Å². The van der Waals surface area contributed by atoms with Crippen molar-refractivity contribution in [1.29, 1.82) is 0 Å². The van der Waals surface area contributed by atoms with Crippen molar-refractivity contribution >= 4 is 22.9 Å². The van der Waals surface area contributed by atoms with Crippen LogP contribution in [0.1, 0.15) is 10.6 Å². The van der Waals surface area contributed by atoms with E-state index in [1.807, 2.05) is 0 Å². The molecule has 2 aromatic rings. The molecular weight excluding hydrogens is 287 g/mol. The molecule has 0 aliphatic rings. The zero-order valence-corrected chi connectivity index (χ0v) is 10.4. The number of thiophene rings is 1. The molecule has 0 N–H and O–H groups in total. The lowest BCUT2D eigenvalue weighted by molar-refractivity contribution is -0.141. The van der Waals surface area contributed by atoms with E-state index in [-0.39, 0.29) is 12.5 Å². The van der Waals surface area contributed by atoms with Crippen LogP contribution in [0.15, 0.2) is 30.3 Å². The first kappa shape index (κ1) is 13.2. The molecule has 0 fully saturated rings. The number of hydrogen-bond donors (Lipinski definition) is 0. The molecule has 18 heavy (non-hydrogen) atoms. The lowest BCUT2D eigenvalue weighted by Gasteiger charge is -2.08. The zero-order chi connectivity index (χ0) is 13.2. The van der Waals surface area contributed by atoms with Gasteiger partial charge in [-0.3, -0.25) is 0 Å². The Bertz CT molecular complexity index is 541. The molecule has 0 saturated carbocycles. The fraction of sp³-hybridized carbons (Fsp3) is 0.182. The van der Waals surface area contributed by atoms with Crippen molar-refractivity contribution in [2.75, 3.05) is 0 Å². The third kappa shape index (κ3) is 3.36. The molecule has 0 amide bonds. The predicted octanol–water partition coefficient (Wildman–Crippen LogP) is 4.39. The summed E-state index contributed by atoms with van der Waals surface area (Å²) >= 11 is 7.03. The van der Waals surface area contributed by atoms with Crippen LogP contribution in [0.5, 0.6) is 5.88 Å². The maximum atomic E-state index is 12.4. The fourth-order valence-corrected chi connectivity index (χ4v) is 2.23. The van der Waals surface area contributed by atoms with Gasteiger partial charge in [-0.05, 0) is 18.2 Å². The molecule has 0 bridgehead atoms. The molecule has 0 aliphatic heterocycles. The van der Waals surface area contributed by atoms with E-state index in [0.717, 1.165) is 10.9 Å². The number of alkyl halides is 3. The van der Waals surface area contributed by atoms with Crippen LogP contribution >= 0.6 is 22.9 Å². The van der Waals surface area contributed by atoms with Gasteiger partial charge in [-0.2, -0.15) is 13.2 Å². The summed E-state index contributed by atoms with van der Waals surface area (Å²) in [5.41, 5.74) is -0.968. The van der Waals surface area contributed by atoms with E-state index in [1.54, 1.807) is 12.1 Å². The Morgan fingerprint density at radius 2 is 2.00 bits per heavy atom. The van der Waals surface area contributed by atoms with Crippen molar-refractivity contribution < 1.29 is 17.9 Å². The second kappa shape index (κ2) is 5.16. The minimum atomic E-state index is -4.47. The summed E-state index contributed by atoms with van der Waals surface area (Å²) < 4.78 is 43.0. The van der Waals surface area contributed by atoms with Gasteiger partial charge >= 0.3 is 6.18 Å². The highest BCUT2D eigenvalue weighted by atomic mass is 35.5. The van der Waals surface area contributed by atoms with Gasteiger partial charge in [-0.15, -0.1) is 11.3 Å². The standard InChI is InChI=1S/C11H7ClF3NOS/c12-9-5-4-7(18-9)6-17-10-3-1-2-8(16-10)11(13,14)15/h1-5H,6H2. The van der Waals surface area contributed by atoms with Gasteiger partial charge in [0.05, 0.1) is 4.34 Å².